The summed E-state index contributed by atoms with van der Waals surface area (Å²) in [6.07, 6.45) is 3.74. The molecule has 92 valence electrons. The third-order valence-corrected chi connectivity index (χ3v) is 21.6. The molecule has 15 heavy (non-hydrogen) atoms. The van der Waals surface area contributed by atoms with Gasteiger partial charge in [-0.05, 0) is 41.2 Å². The van der Waals surface area contributed by atoms with Gasteiger partial charge in [0.15, 0.2) is 0 Å². The van der Waals surface area contributed by atoms with Crippen molar-refractivity contribution in [1.82, 2.24) is 0 Å². The van der Waals surface area contributed by atoms with E-state index < -0.39 is 3.64 Å². The van der Waals surface area contributed by atoms with Crippen molar-refractivity contribution in [2.75, 3.05) is 17.3 Å². The maximum Gasteiger partial charge on any atom is 0.119 e. The Kier molecular flexibility index (Phi) is 12.7. The van der Waals surface area contributed by atoms with E-state index in [2.05, 4.69) is 20.8 Å². The lowest BCUT2D eigenvalue weighted by molar-refractivity contribution is 1.11. The van der Waals surface area contributed by atoms with E-state index in [0.717, 1.165) is 0 Å². The minimum Gasteiger partial charge on any atom is -0.104 e. The summed E-state index contributed by atoms with van der Waals surface area (Å²) in [5, 5.41) is 0. The molecule has 0 bridgehead atoms. The Morgan fingerprint density at radius 1 is 0.867 bits per heavy atom. The smallest absolute Gasteiger partial charge is 0.104 e. The fourth-order valence-electron chi connectivity index (χ4n) is 0.672. The predicted molar refractivity (Wildman–Crippen MR) is 90.1 cm³/mol. The lowest BCUT2D eigenvalue weighted by atomic mass is 10.6. The third kappa shape index (κ3) is 9.72. The van der Waals surface area contributed by atoms with Crippen LogP contribution in [0.3, 0.4) is 0 Å². The zero-order chi connectivity index (χ0) is 11.6. The van der Waals surface area contributed by atoms with Crippen molar-refractivity contribution in [3.8, 4) is 0 Å². The summed E-state index contributed by atoms with van der Waals surface area (Å²) >= 11 is 9.92. The van der Waals surface area contributed by atoms with Gasteiger partial charge in [-0.2, -0.15) is 0 Å². The standard InChI is InChI=1S/C9H21PS5/c1-4-7-12-10(11,13-8-5-2)15-14-9-6-3/h4-9H2,1-3H3. The van der Waals surface area contributed by atoms with Crippen molar-refractivity contribution in [2.45, 2.75) is 40.0 Å². The van der Waals surface area contributed by atoms with Gasteiger partial charge in [0, 0.05) is 5.75 Å². The quantitative estimate of drug-likeness (QED) is 0.263. The van der Waals surface area contributed by atoms with Crippen molar-refractivity contribution in [1.29, 1.82) is 0 Å². The van der Waals surface area contributed by atoms with Gasteiger partial charge in [-0.3, -0.25) is 0 Å². The average molecular weight is 321 g/mol. The van der Waals surface area contributed by atoms with Gasteiger partial charge in [-0.15, -0.1) is 22.8 Å². The zero-order valence-electron chi connectivity index (χ0n) is 9.73. The number of rotatable bonds is 10. The average Bonchev–Trinajstić information content (AvgIpc) is 2.24. The van der Waals surface area contributed by atoms with Crippen LogP contribution in [0.2, 0.25) is 0 Å². The fraction of sp³-hybridized carbons (Fsp3) is 1.00. The Bertz CT molecular complexity index is 173. The molecule has 0 nitrogen and oxygen atoms in total. The zero-order valence-corrected chi connectivity index (χ0v) is 14.7. The molecular weight excluding hydrogens is 299 g/mol. The summed E-state index contributed by atoms with van der Waals surface area (Å²) in [4.78, 5) is 0. The molecular formula is C9H21PS5. The van der Waals surface area contributed by atoms with Crippen LogP contribution in [0.4, 0.5) is 0 Å². The Morgan fingerprint density at radius 2 is 1.33 bits per heavy atom. The molecule has 0 spiro atoms. The first-order valence-electron chi connectivity index (χ1n) is 5.38. The highest BCUT2D eigenvalue weighted by Gasteiger charge is 2.18. The molecule has 0 aromatic rings. The monoisotopic (exact) mass is 320 g/mol. The van der Waals surface area contributed by atoms with Crippen molar-refractivity contribution < 1.29 is 0 Å². The van der Waals surface area contributed by atoms with Gasteiger partial charge in [0.2, 0.25) is 0 Å². The van der Waals surface area contributed by atoms with E-state index in [1.165, 1.54) is 36.5 Å². The number of hydrogen-bond acceptors (Lipinski definition) is 5. The van der Waals surface area contributed by atoms with Crippen molar-refractivity contribution >= 4 is 59.4 Å². The maximum atomic E-state index is 5.83. The van der Waals surface area contributed by atoms with Gasteiger partial charge in [0.25, 0.3) is 0 Å². The highest BCUT2D eigenvalue weighted by molar-refractivity contribution is 9.34. The lowest BCUT2D eigenvalue weighted by Gasteiger charge is -2.18. The summed E-state index contributed by atoms with van der Waals surface area (Å²) < 4.78 is -1.24. The first-order valence-corrected chi connectivity index (χ1v) is 14.3. The minimum atomic E-state index is -1.24. The highest BCUT2D eigenvalue weighted by atomic mass is 33.7. The Hall–Kier alpha value is 2.05. The van der Waals surface area contributed by atoms with E-state index in [9.17, 15) is 0 Å². The summed E-state index contributed by atoms with van der Waals surface area (Å²) in [5.74, 6) is 3.70. The molecule has 0 aliphatic carbocycles. The molecule has 6 heteroatoms. The van der Waals surface area contributed by atoms with E-state index in [0.29, 0.717) is 0 Å². The SMILES string of the molecule is CCCSSP(=S)(SCCC)SCCC. The van der Waals surface area contributed by atoms with E-state index in [1.54, 1.807) is 0 Å². The van der Waals surface area contributed by atoms with Crippen LogP contribution in [-0.2, 0) is 11.8 Å². The van der Waals surface area contributed by atoms with Crippen LogP contribution in [0.1, 0.15) is 40.0 Å². The highest BCUT2D eigenvalue weighted by Crippen LogP contribution is 2.81. The van der Waals surface area contributed by atoms with E-state index in [4.69, 9.17) is 11.8 Å². The van der Waals surface area contributed by atoms with Crippen molar-refractivity contribution in [2.24, 2.45) is 0 Å². The predicted octanol–water partition coefficient (Wildman–Crippen LogP) is 6.29. The second-order valence-electron chi connectivity index (χ2n) is 3.01. The molecule has 0 aromatic heterocycles. The molecule has 0 aromatic carbocycles. The van der Waals surface area contributed by atoms with Crippen LogP contribution in [0.25, 0.3) is 0 Å². The van der Waals surface area contributed by atoms with Gasteiger partial charge < -0.3 is 0 Å². The van der Waals surface area contributed by atoms with E-state index >= 15 is 0 Å². The molecule has 0 atom stereocenters. The van der Waals surface area contributed by atoms with Crippen LogP contribution >= 0.6 is 47.6 Å². The normalized spacial score (nSPS) is 11.9. The minimum absolute atomic E-state index is 1.23. The van der Waals surface area contributed by atoms with Crippen LogP contribution in [0, 0.1) is 0 Å². The topological polar surface area (TPSA) is 0 Å². The molecule has 0 N–H and O–H groups in total. The maximum absolute atomic E-state index is 5.83. The van der Waals surface area contributed by atoms with Gasteiger partial charge in [-0.25, -0.2) is 0 Å². The van der Waals surface area contributed by atoms with Crippen LogP contribution < -0.4 is 0 Å². The first kappa shape index (κ1) is 17.1. The third-order valence-electron chi connectivity index (χ3n) is 1.34. The molecule has 0 radical (unpaired) electrons. The molecule has 0 saturated heterocycles. The largest absolute Gasteiger partial charge is 0.119 e. The summed E-state index contributed by atoms with van der Waals surface area (Å²) in [7, 11) is 3.98. The van der Waals surface area contributed by atoms with Gasteiger partial charge in [0.1, 0.15) is 3.64 Å². The Morgan fingerprint density at radius 3 is 1.73 bits per heavy atom. The van der Waals surface area contributed by atoms with Crippen LogP contribution in [0.5, 0.6) is 0 Å². The number of hydrogen-bond donors (Lipinski definition) is 0. The molecule has 0 saturated carbocycles. The second kappa shape index (κ2) is 11.2. The summed E-state index contributed by atoms with van der Waals surface area (Å²) in [6, 6.07) is 0. The first-order chi connectivity index (χ1) is 7.18. The molecule has 0 amide bonds. The summed E-state index contributed by atoms with van der Waals surface area (Å²) in [5.41, 5.74) is 0. The molecule has 0 aliphatic rings. The van der Waals surface area contributed by atoms with Gasteiger partial charge >= 0.3 is 0 Å². The van der Waals surface area contributed by atoms with Crippen molar-refractivity contribution in [3.05, 3.63) is 0 Å². The van der Waals surface area contributed by atoms with Gasteiger partial charge in [-0.1, -0.05) is 43.4 Å². The van der Waals surface area contributed by atoms with Crippen LogP contribution in [0.15, 0.2) is 0 Å². The van der Waals surface area contributed by atoms with E-state index in [1.807, 2.05) is 44.0 Å². The van der Waals surface area contributed by atoms with Crippen molar-refractivity contribution in [3.63, 3.8) is 0 Å². The lowest BCUT2D eigenvalue weighted by Crippen LogP contribution is -1.75. The molecule has 0 aliphatic heterocycles. The Balaban J connectivity index is 3.96. The molecule has 0 heterocycles. The second-order valence-corrected chi connectivity index (χ2v) is 20.8. The van der Waals surface area contributed by atoms with Crippen LogP contribution in [-0.4, -0.2) is 17.3 Å². The van der Waals surface area contributed by atoms with Gasteiger partial charge in [0.05, 0.1) is 0 Å². The molecule has 0 unspecified atom stereocenters. The fourth-order valence-corrected chi connectivity index (χ4v) is 19.2. The summed E-state index contributed by atoms with van der Waals surface area (Å²) in [6.45, 7) is 6.71. The van der Waals surface area contributed by atoms with E-state index in [-0.39, 0.29) is 0 Å². The molecule has 0 fully saturated rings. The Labute approximate surface area is 116 Å². The molecule has 0 rings (SSSR count).